The van der Waals surface area contributed by atoms with Gasteiger partial charge in [0, 0.05) is 25.5 Å². The summed E-state index contributed by atoms with van der Waals surface area (Å²) in [7, 11) is 0. The van der Waals surface area contributed by atoms with E-state index in [4.69, 9.17) is 0 Å². The molecule has 3 rings (SSSR count). The fourth-order valence-electron chi connectivity index (χ4n) is 2.28. The second-order valence-electron chi connectivity index (χ2n) is 5.38. The summed E-state index contributed by atoms with van der Waals surface area (Å²) < 4.78 is 12.9. The lowest BCUT2D eigenvalue weighted by Crippen LogP contribution is -2.37. The topological polar surface area (TPSA) is 79.4 Å². The van der Waals surface area contributed by atoms with Crippen LogP contribution in [0, 0.1) is 5.82 Å². The second kappa shape index (κ2) is 7.92. The van der Waals surface area contributed by atoms with Crippen molar-refractivity contribution in [3.05, 3.63) is 70.6 Å². The lowest BCUT2D eigenvalue weighted by Gasteiger charge is -2.12. The quantitative estimate of drug-likeness (QED) is 0.818. The van der Waals surface area contributed by atoms with Crippen molar-refractivity contribution in [2.75, 3.05) is 13.1 Å². The predicted octanol–water partition coefficient (Wildman–Crippen LogP) is 2.69. The number of carbonyl (C=O) groups excluding carboxylic acids is 3. The van der Waals surface area contributed by atoms with Gasteiger partial charge in [0.1, 0.15) is 5.82 Å². The molecule has 0 radical (unpaired) electrons. The number of nitrogens with one attached hydrogen (secondary N) is 1. The summed E-state index contributed by atoms with van der Waals surface area (Å²) in [6.45, 7) is 0.201. The van der Waals surface area contributed by atoms with Gasteiger partial charge < -0.3 is 5.32 Å². The van der Waals surface area contributed by atoms with Crippen LogP contribution in [0.4, 0.5) is 9.18 Å². The zero-order valence-corrected chi connectivity index (χ0v) is 14.3. The molecule has 1 saturated heterocycles. The van der Waals surface area contributed by atoms with Crippen LogP contribution < -0.4 is 5.32 Å². The molecule has 132 valence electrons. The minimum Gasteiger partial charge on any atom is -0.350 e. The monoisotopic (exact) mass is 371 g/mol. The van der Waals surface area contributed by atoms with Crippen LogP contribution in [0.3, 0.4) is 0 Å². The first-order valence-electron chi connectivity index (χ1n) is 7.74. The Balaban J connectivity index is 1.59. The number of carbonyl (C=O) groups is 3. The highest BCUT2D eigenvalue weighted by Crippen LogP contribution is 2.31. The van der Waals surface area contributed by atoms with E-state index in [1.54, 1.807) is 24.4 Å². The molecule has 2 aromatic rings. The van der Waals surface area contributed by atoms with E-state index in [9.17, 15) is 18.8 Å². The molecule has 1 aromatic heterocycles. The number of amides is 3. The van der Waals surface area contributed by atoms with Crippen LogP contribution in [0.1, 0.15) is 15.9 Å². The maximum Gasteiger partial charge on any atom is 0.293 e. The molecule has 1 fully saturated rings. The molecule has 26 heavy (non-hydrogen) atoms. The van der Waals surface area contributed by atoms with Crippen LogP contribution in [0.15, 0.2) is 53.7 Å². The van der Waals surface area contributed by atoms with Gasteiger partial charge in [-0.05, 0) is 47.7 Å². The van der Waals surface area contributed by atoms with Crippen LogP contribution in [0.5, 0.6) is 0 Å². The smallest absolute Gasteiger partial charge is 0.293 e. The highest BCUT2D eigenvalue weighted by atomic mass is 32.2. The number of imide groups is 1. The fraction of sp³-hybridized carbons (Fsp3) is 0.111. The van der Waals surface area contributed by atoms with Crippen LogP contribution in [-0.2, 0) is 4.79 Å². The first kappa shape index (κ1) is 17.8. The van der Waals surface area contributed by atoms with E-state index in [1.807, 2.05) is 0 Å². The highest BCUT2D eigenvalue weighted by Gasteiger charge is 2.34. The zero-order valence-electron chi connectivity index (χ0n) is 13.5. The molecule has 8 heteroatoms. The lowest BCUT2D eigenvalue weighted by atomic mass is 10.2. The van der Waals surface area contributed by atoms with Crippen molar-refractivity contribution in [3.63, 3.8) is 0 Å². The molecular weight excluding hydrogens is 357 g/mol. The highest BCUT2D eigenvalue weighted by molar-refractivity contribution is 8.18. The molecule has 0 atom stereocenters. The standard InChI is InChI=1S/C18H14FN3O3S/c19-14-5-3-12(4-6-14)10-15-17(24)22(18(25)26-15)9-8-21-16(23)13-2-1-7-20-11-13/h1-7,10-11H,8-9H2,(H,21,23)/b15-10-. The number of aromatic nitrogens is 1. The van der Waals surface area contributed by atoms with Gasteiger partial charge in [0.25, 0.3) is 17.1 Å². The molecule has 0 saturated carbocycles. The van der Waals surface area contributed by atoms with Crippen molar-refractivity contribution in [1.82, 2.24) is 15.2 Å². The average molecular weight is 371 g/mol. The van der Waals surface area contributed by atoms with Crippen LogP contribution in [0.25, 0.3) is 6.08 Å². The van der Waals surface area contributed by atoms with Gasteiger partial charge in [-0.2, -0.15) is 0 Å². The summed E-state index contributed by atoms with van der Waals surface area (Å²) in [5.74, 6) is -1.13. The molecule has 3 amide bonds. The Labute approximate surface area is 153 Å². The van der Waals surface area contributed by atoms with Crippen molar-refractivity contribution in [3.8, 4) is 0 Å². The maximum absolute atomic E-state index is 12.9. The third-order valence-electron chi connectivity index (χ3n) is 3.59. The third-order valence-corrected chi connectivity index (χ3v) is 4.49. The van der Waals surface area contributed by atoms with E-state index in [1.165, 1.54) is 30.5 Å². The molecule has 0 bridgehead atoms. The van der Waals surface area contributed by atoms with E-state index < -0.39 is 11.1 Å². The summed E-state index contributed by atoms with van der Waals surface area (Å²) >= 11 is 0.818. The minimum absolute atomic E-state index is 0.0669. The Morgan fingerprint density at radius 1 is 1.23 bits per heavy atom. The predicted molar refractivity (Wildman–Crippen MR) is 95.6 cm³/mol. The molecule has 0 spiro atoms. The van der Waals surface area contributed by atoms with E-state index in [-0.39, 0.29) is 29.7 Å². The van der Waals surface area contributed by atoms with Gasteiger partial charge in [0.15, 0.2) is 0 Å². The summed E-state index contributed by atoms with van der Waals surface area (Å²) in [4.78, 5) is 41.5. The Bertz CT molecular complexity index is 869. The number of benzene rings is 1. The second-order valence-corrected chi connectivity index (χ2v) is 6.38. The van der Waals surface area contributed by atoms with E-state index in [0.29, 0.717) is 11.1 Å². The molecule has 2 heterocycles. The molecular formula is C18H14FN3O3S. The van der Waals surface area contributed by atoms with Gasteiger partial charge in [-0.3, -0.25) is 24.3 Å². The summed E-state index contributed by atoms with van der Waals surface area (Å²) in [5.41, 5.74) is 1.03. The Morgan fingerprint density at radius 2 is 2.00 bits per heavy atom. The van der Waals surface area contributed by atoms with Gasteiger partial charge in [-0.15, -0.1) is 0 Å². The summed E-state index contributed by atoms with van der Waals surface area (Å²) in [6.07, 6.45) is 4.53. The normalized spacial score (nSPS) is 15.6. The Kier molecular flexibility index (Phi) is 5.43. The van der Waals surface area contributed by atoms with E-state index >= 15 is 0 Å². The third kappa shape index (κ3) is 4.15. The van der Waals surface area contributed by atoms with Gasteiger partial charge in [0.2, 0.25) is 0 Å². The van der Waals surface area contributed by atoms with Crippen molar-refractivity contribution in [2.45, 2.75) is 0 Å². The molecule has 1 aromatic carbocycles. The van der Waals surface area contributed by atoms with Crippen molar-refractivity contribution in [2.24, 2.45) is 0 Å². The average Bonchev–Trinajstić information content (AvgIpc) is 2.91. The molecule has 0 aliphatic carbocycles. The van der Waals surface area contributed by atoms with Crippen LogP contribution >= 0.6 is 11.8 Å². The number of nitrogens with zero attached hydrogens (tertiary/aromatic N) is 2. The lowest BCUT2D eigenvalue weighted by molar-refractivity contribution is -0.122. The first-order chi connectivity index (χ1) is 12.5. The fourth-order valence-corrected chi connectivity index (χ4v) is 3.15. The number of hydrogen-bond donors (Lipinski definition) is 1. The summed E-state index contributed by atoms with van der Waals surface area (Å²) in [5, 5.41) is 2.24. The number of thioether (sulfide) groups is 1. The number of rotatable bonds is 5. The van der Waals surface area contributed by atoms with Gasteiger partial charge in [0.05, 0.1) is 10.5 Å². The number of pyridine rings is 1. The minimum atomic E-state index is -0.431. The number of halogens is 1. The van der Waals surface area contributed by atoms with E-state index in [2.05, 4.69) is 10.3 Å². The first-order valence-corrected chi connectivity index (χ1v) is 8.55. The summed E-state index contributed by atoms with van der Waals surface area (Å²) in [6, 6.07) is 8.88. The van der Waals surface area contributed by atoms with Gasteiger partial charge in [-0.1, -0.05) is 12.1 Å². The molecule has 1 N–H and O–H groups in total. The van der Waals surface area contributed by atoms with E-state index in [0.717, 1.165) is 16.7 Å². The largest absolute Gasteiger partial charge is 0.350 e. The molecule has 0 unspecified atom stereocenters. The van der Waals surface area contributed by atoms with Crippen LogP contribution in [0.2, 0.25) is 0 Å². The van der Waals surface area contributed by atoms with Crippen molar-refractivity contribution < 1.29 is 18.8 Å². The SMILES string of the molecule is O=C(NCCN1C(=O)S/C(=C\c2ccc(F)cc2)C1=O)c1cccnc1. The number of hydrogen-bond acceptors (Lipinski definition) is 5. The molecule has 1 aliphatic heterocycles. The maximum atomic E-state index is 12.9. The van der Waals surface area contributed by atoms with Crippen LogP contribution in [-0.4, -0.2) is 40.0 Å². The molecule has 6 nitrogen and oxygen atoms in total. The van der Waals surface area contributed by atoms with Crippen molar-refractivity contribution >= 4 is 34.9 Å². The molecule has 1 aliphatic rings. The van der Waals surface area contributed by atoms with Gasteiger partial charge >= 0.3 is 0 Å². The Morgan fingerprint density at radius 3 is 2.69 bits per heavy atom. The van der Waals surface area contributed by atoms with Gasteiger partial charge in [-0.25, -0.2) is 4.39 Å². The zero-order chi connectivity index (χ0) is 18.5. The Hall–Kier alpha value is -3.00. The van der Waals surface area contributed by atoms with Crippen molar-refractivity contribution in [1.29, 1.82) is 0 Å².